The number of hydrogen-bond acceptors (Lipinski definition) is 1. The van der Waals surface area contributed by atoms with Crippen LogP contribution in [0.1, 0.15) is 51.9 Å². The van der Waals surface area contributed by atoms with Gasteiger partial charge in [-0.25, -0.2) is 0 Å². The summed E-state index contributed by atoms with van der Waals surface area (Å²) in [7, 11) is 0. The summed E-state index contributed by atoms with van der Waals surface area (Å²) in [6, 6.07) is 0.638. The first-order valence-corrected chi connectivity index (χ1v) is 6.63. The Morgan fingerprint density at radius 2 is 1.93 bits per heavy atom. The van der Waals surface area contributed by atoms with E-state index >= 15 is 0 Å². The van der Waals surface area contributed by atoms with Crippen molar-refractivity contribution >= 4 is 17.3 Å². The Morgan fingerprint density at radius 1 is 1.27 bits per heavy atom. The van der Waals surface area contributed by atoms with Crippen molar-refractivity contribution in [1.29, 1.82) is 0 Å². The first kappa shape index (κ1) is 11.2. The van der Waals surface area contributed by atoms with Crippen molar-refractivity contribution in [2.75, 3.05) is 6.54 Å². The Balaban J connectivity index is 1.63. The molecule has 15 heavy (non-hydrogen) atoms. The fraction of sp³-hybridized carbons (Fsp3) is 0.917. The van der Waals surface area contributed by atoms with Gasteiger partial charge < -0.3 is 10.6 Å². The van der Waals surface area contributed by atoms with Crippen molar-refractivity contribution < 1.29 is 0 Å². The van der Waals surface area contributed by atoms with E-state index < -0.39 is 0 Å². The molecule has 2 saturated carbocycles. The van der Waals surface area contributed by atoms with Gasteiger partial charge >= 0.3 is 0 Å². The van der Waals surface area contributed by atoms with Gasteiger partial charge in [0.15, 0.2) is 5.11 Å². The maximum Gasteiger partial charge on any atom is 0.166 e. The topological polar surface area (TPSA) is 24.1 Å². The highest BCUT2D eigenvalue weighted by Gasteiger charge is 2.31. The first-order valence-electron chi connectivity index (χ1n) is 6.22. The number of nitrogens with one attached hydrogen (secondary N) is 2. The van der Waals surface area contributed by atoms with E-state index in [-0.39, 0.29) is 0 Å². The fourth-order valence-electron chi connectivity index (χ4n) is 2.56. The van der Waals surface area contributed by atoms with Gasteiger partial charge in [-0.3, -0.25) is 0 Å². The van der Waals surface area contributed by atoms with Gasteiger partial charge in [-0.05, 0) is 43.3 Å². The average molecular weight is 226 g/mol. The van der Waals surface area contributed by atoms with Gasteiger partial charge in [-0.1, -0.05) is 26.2 Å². The lowest BCUT2D eigenvalue weighted by Gasteiger charge is -2.38. The standard InChI is InChI=1S/C12H22N2S/c1-12(7-4-8-12)9-13-11(15)14-10-5-2-3-6-10/h10H,2-9H2,1H3,(H2,13,14,15). The predicted molar refractivity (Wildman–Crippen MR) is 68.0 cm³/mol. The summed E-state index contributed by atoms with van der Waals surface area (Å²) in [6.45, 7) is 3.40. The third-order valence-electron chi connectivity index (χ3n) is 3.93. The Hall–Kier alpha value is -0.310. The van der Waals surface area contributed by atoms with E-state index in [9.17, 15) is 0 Å². The zero-order valence-corrected chi connectivity index (χ0v) is 10.5. The highest BCUT2D eigenvalue weighted by Crippen LogP contribution is 2.39. The summed E-state index contributed by atoms with van der Waals surface area (Å²) in [5.41, 5.74) is 0.515. The van der Waals surface area contributed by atoms with Crippen LogP contribution in [0.15, 0.2) is 0 Å². The van der Waals surface area contributed by atoms with Gasteiger partial charge in [0, 0.05) is 12.6 Å². The molecule has 2 nitrogen and oxygen atoms in total. The molecule has 2 aliphatic rings. The van der Waals surface area contributed by atoms with Crippen LogP contribution in [-0.4, -0.2) is 17.7 Å². The normalized spacial score (nSPS) is 24.6. The zero-order valence-electron chi connectivity index (χ0n) is 9.64. The molecule has 0 saturated heterocycles. The van der Waals surface area contributed by atoms with Crippen LogP contribution in [0.5, 0.6) is 0 Å². The van der Waals surface area contributed by atoms with Crippen LogP contribution in [0.4, 0.5) is 0 Å². The molecule has 0 aromatic heterocycles. The van der Waals surface area contributed by atoms with E-state index in [1.54, 1.807) is 0 Å². The van der Waals surface area contributed by atoms with Gasteiger partial charge in [-0.2, -0.15) is 0 Å². The molecule has 86 valence electrons. The van der Waals surface area contributed by atoms with E-state index in [1.165, 1.54) is 44.9 Å². The number of thiocarbonyl (C=S) groups is 1. The Bertz CT molecular complexity index is 230. The van der Waals surface area contributed by atoms with Gasteiger partial charge in [0.2, 0.25) is 0 Å². The molecule has 2 N–H and O–H groups in total. The van der Waals surface area contributed by atoms with Crippen molar-refractivity contribution in [3.05, 3.63) is 0 Å². The molecule has 3 heteroatoms. The summed E-state index contributed by atoms with van der Waals surface area (Å²) in [5, 5.41) is 7.66. The second kappa shape index (κ2) is 4.69. The molecule has 0 aliphatic heterocycles. The fourth-order valence-corrected chi connectivity index (χ4v) is 2.80. The molecule has 2 rings (SSSR count). The smallest absolute Gasteiger partial charge is 0.166 e. The van der Waals surface area contributed by atoms with Crippen LogP contribution in [0.3, 0.4) is 0 Å². The van der Waals surface area contributed by atoms with E-state index in [1.807, 2.05) is 0 Å². The second-order valence-corrected chi connectivity index (χ2v) is 5.88. The van der Waals surface area contributed by atoms with Crippen LogP contribution in [-0.2, 0) is 0 Å². The molecule has 0 heterocycles. The maximum atomic E-state index is 5.31. The molecule has 0 atom stereocenters. The molecule has 0 aromatic rings. The SMILES string of the molecule is CC1(CNC(=S)NC2CCCC2)CCC1. The van der Waals surface area contributed by atoms with Crippen LogP contribution < -0.4 is 10.6 Å². The van der Waals surface area contributed by atoms with Crippen molar-refractivity contribution in [3.63, 3.8) is 0 Å². The summed E-state index contributed by atoms with van der Waals surface area (Å²) in [5.74, 6) is 0. The minimum Gasteiger partial charge on any atom is -0.362 e. The van der Waals surface area contributed by atoms with Crippen LogP contribution >= 0.6 is 12.2 Å². The van der Waals surface area contributed by atoms with Gasteiger partial charge in [0.1, 0.15) is 0 Å². The Morgan fingerprint density at radius 3 is 2.47 bits per heavy atom. The van der Waals surface area contributed by atoms with E-state index in [0.29, 0.717) is 11.5 Å². The second-order valence-electron chi connectivity index (χ2n) is 5.47. The first-order chi connectivity index (χ1) is 7.18. The molecule has 0 amide bonds. The molecule has 0 bridgehead atoms. The van der Waals surface area contributed by atoms with Crippen LogP contribution in [0, 0.1) is 5.41 Å². The summed E-state index contributed by atoms with van der Waals surface area (Å²) >= 11 is 5.31. The molecular formula is C12H22N2S. The van der Waals surface area contributed by atoms with E-state index in [0.717, 1.165) is 11.7 Å². The Labute approximate surface area is 98.2 Å². The lowest BCUT2D eigenvalue weighted by molar-refractivity contribution is 0.165. The van der Waals surface area contributed by atoms with Gasteiger partial charge in [0.25, 0.3) is 0 Å². The van der Waals surface area contributed by atoms with E-state index in [4.69, 9.17) is 12.2 Å². The van der Waals surface area contributed by atoms with E-state index in [2.05, 4.69) is 17.6 Å². The highest BCUT2D eigenvalue weighted by molar-refractivity contribution is 7.80. The lowest BCUT2D eigenvalue weighted by atomic mass is 9.70. The van der Waals surface area contributed by atoms with Crippen molar-refractivity contribution in [1.82, 2.24) is 10.6 Å². The molecule has 0 spiro atoms. The summed E-state index contributed by atoms with van der Waals surface area (Å²) < 4.78 is 0. The largest absolute Gasteiger partial charge is 0.362 e. The quantitative estimate of drug-likeness (QED) is 0.723. The predicted octanol–water partition coefficient (Wildman–Crippen LogP) is 2.58. The van der Waals surface area contributed by atoms with Gasteiger partial charge in [0.05, 0.1) is 0 Å². The van der Waals surface area contributed by atoms with Gasteiger partial charge in [-0.15, -0.1) is 0 Å². The molecule has 0 aromatic carbocycles. The molecule has 0 radical (unpaired) electrons. The molecule has 2 fully saturated rings. The Kier molecular flexibility index (Phi) is 3.49. The number of rotatable bonds is 3. The third kappa shape index (κ3) is 3.07. The van der Waals surface area contributed by atoms with Crippen molar-refractivity contribution in [2.24, 2.45) is 5.41 Å². The monoisotopic (exact) mass is 226 g/mol. The molecule has 0 unspecified atom stereocenters. The zero-order chi connectivity index (χ0) is 10.7. The maximum absolute atomic E-state index is 5.31. The lowest BCUT2D eigenvalue weighted by Crippen LogP contribution is -2.46. The highest BCUT2D eigenvalue weighted by atomic mass is 32.1. The minimum atomic E-state index is 0.515. The summed E-state index contributed by atoms with van der Waals surface area (Å²) in [4.78, 5) is 0. The molecular weight excluding hydrogens is 204 g/mol. The van der Waals surface area contributed by atoms with Crippen molar-refractivity contribution in [3.8, 4) is 0 Å². The third-order valence-corrected chi connectivity index (χ3v) is 4.19. The molecule has 2 aliphatic carbocycles. The van der Waals surface area contributed by atoms with Crippen molar-refractivity contribution in [2.45, 2.75) is 57.9 Å². The minimum absolute atomic E-state index is 0.515. The van der Waals surface area contributed by atoms with Crippen LogP contribution in [0.25, 0.3) is 0 Å². The average Bonchev–Trinajstić information content (AvgIpc) is 2.64. The number of hydrogen-bond donors (Lipinski definition) is 2. The summed E-state index contributed by atoms with van der Waals surface area (Å²) in [6.07, 6.45) is 9.40. The van der Waals surface area contributed by atoms with Crippen LogP contribution in [0.2, 0.25) is 0 Å².